The zero-order chi connectivity index (χ0) is 14.0. The first-order valence-corrected chi connectivity index (χ1v) is 5.95. The molecule has 2 aromatic rings. The molecule has 0 radical (unpaired) electrons. The van der Waals surface area contributed by atoms with Crippen molar-refractivity contribution < 1.29 is 14.7 Å². The Morgan fingerprint density at radius 1 is 1.42 bits per heavy atom. The minimum atomic E-state index is -1.04. The molecule has 2 aromatic heterocycles. The number of imidazole rings is 1. The van der Waals surface area contributed by atoms with Crippen LogP contribution in [0.2, 0.25) is 0 Å². The Kier molecular flexibility index (Phi) is 3.50. The van der Waals surface area contributed by atoms with E-state index in [1.54, 1.807) is 36.7 Å². The van der Waals surface area contributed by atoms with Crippen molar-refractivity contribution in [3.8, 4) is 0 Å². The number of hydrogen-bond acceptors (Lipinski definition) is 3. The number of aliphatic carboxylic acids is 1. The first kappa shape index (κ1) is 13.1. The number of hydrogen-bond donors (Lipinski definition) is 1. The molecule has 6 nitrogen and oxygen atoms in total. The Morgan fingerprint density at radius 3 is 2.74 bits per heavy atom. The van der Waals surface area contributed by atoms with Crippen LogP contribution in [0.25, 0.3) is 5.65 Å². The Hall–Kier alpha value is -2.37. The Bertz CT molecular complexity index is 585. The zero-order valence-electron chi connectivity index (χ0n) is 10.8. The van der Waals surface area contributed by atoms with Crippen LogP contribution >= 0.6 is 0 Å². The number of fused-ring (bicyclic) bond motifs is 1. The Labute approximate surface area is 110 Å². The molecule has 19 heavy (non-hydrogen) atoms. The van der Waals surface area contributed by atoms with Gasteiger partial charge in [0.1, 0.15) is 17.9 Å². The van der Waals surface area contributed by atoms with Crippen molar-refractivity contribution in [2.45, 2.75) is 19.9 Å². The molecule has 0 saturated heterocycles. The molecule has 0 bridgehead atoms. The number of aromatic nitrogens is 2. The average molecular weight is 261 g/mol. The number of rotatable bonds is 4. The fraction of sp³-hybridized carbons (Fsp3) is 0.308. The monoisotopic (exact) mass is 261 g/mol. The molecule has 1 N–H and O–H groups in total. The molecule has 2 rings (SSSR count). The highest BCUT2D eigenvalue weighted by Crippen LogP contribution is 2.10. The lowest BCUT2D eigenvalue weighted by Gasteiger charge is -2.23. The lowest BCUT2D eigenvalue weighted by atomic mass is 10.3. The second kappa shape index (κ2) is 5.09. The lowest BCUT2D eigenvalue weighted by molar-refractivity contribution is -0.138. The maximum atomic E-state index is 12.3. The second-order valence-electron chi connectivity index (χ2n) is 4.51. The minimum absolute atomic E-state index is 0.201. The van der Waals surface area contributed by atoms with Crippen molar-refractivity contribution in [1.29, 1.82) is 0 Å². The lowest BCUT2D eigenvalue weighted by Crippen LogP contribution is -2.40. The highest BCUT2D eigenvalue weighted by atomic mass is 16.4. The van der Waals surface area contributed by atoms with Crippen LogP contribution in [-0.4, -0.2) is 43.9 Å². The van der Waals surface area contributed by atoms with Crippen molar-refractivity contribution in [2.24, 2.45) is 0 Å². The molecule has 6 heteroatoms. The van der Waals surface area contributed by atoms with Gasteiger partial charge in [-0.3, -0.25) is 9.59 Å². The molecule has 1 amide bonds. The Balaban J connectivity index is 2.32. The number of carboxylic acid groups (broad SMARTS) is 1. The van der Waals surface area contributed by atoms with Crippen molar-refractivity contribution >= 4 is 17.5 Å². The van der Waals surface area contributed by atoms with Gasteiger partial charge in [0.2, 0.25) is 0 Å². The van der Waals surface area contributed by atoms with E-state index in [0.29, 0.717) is 5.65 Å². The maximum absolute atomic E-state index is 12.3. The second-order valence-corrected chi connectivity index (χ2v) is 4.51. The van der Waals surface area contributed by atoms with E-state index in [9.17, 15) is 9.59 Å². The first-order valence-electron chi connectivity index (χ1n) is 5.95. The summed E-state index contributed by atoms with van der Waals surface area (Å²) in [5.74, 6) is -1.41. The molecule has 0 saturated carbocycles. The van der Waals surface area contributed by atoms with Crippen LogP contribution in [0, 0.1) is 0 Å². The van der Waals surface area contributed by atoms with Gasteiger partial charge in [0.05, 0.1) is 0 Å². The average Bonchev–Trinajstić information content (AvgIpc) is 2.78. The van der Waals surface area contributed by atoms with Gasteiger partial charge in [0, 0.05) is 18.4 Å². The summed E-state index contributed by atoms with van der Waals surface area (Å²) >= 11 is 0. The van der Waals surface area contributed by atoms with Gasteiger partial charge in [0.25, 0.3) is 5.91 Å². The summed E-state index contributed by atoms with van der Waals surface area (Å²) in [5, 5.41) is 8.85. The van der Waals surface area contributed by atoms with Gasteiger partial charge >= 0.3 is 5.97 Å². The van der Waals surface area contributed by atoms with Crippen LogP contribution in [0.4, 0.5) is 0 Å². The molecule has 0 unspecified atom stereocenters. The minimum Gasteiger partial charge on any atom is -0.480 e. The van der Waals surface area contributed by atoms with Gasteiger partial charge in [-0.1, -0.05) is 6.07 Å². The molecular formula is C13H15N3O3. The predicted molar refractivity (Wildman–Crippen MR) is 69.0 cm³/mol. The van der Waals surface area contributed by atoms with Crippen LogP contribution in [0.5, 0.6) is 0 Å². The van der Waals surface area contributed by atoms with Gasteiger partial charge < -0.3 is 14.4 Å². The van der Waals surface area contributed by atoms with E-state index in [1.165, 1.54) is 4.90 Å². The highest BCUT2D eigenvalue weighted by molar-refractivity contribution is 5.94. The van der Waals surface area contributed by atoms with Crippen LogP contribution in [0.3, 0.4) is 0 Å². The van der Waals surface area contributed by atoms with E-state index >= 15 is 0 Å². The molecule has 0 aromatic carbocycles. The van der Waals surface area contributed by atoms with Crippen molar-refractivity contribution in [3.05, 3.63) is 36.3 Å². The molecule has 2 heterocycles. The van der Waals surface area contributed by atoms with Crippen molar-refractivity contribution in [1.82, 2.24) is 14.3 Å². The van der Waals surface area contributed by atoms with Crippen LogP contribution in [0.1, 0.15) is 24.3 Å². The third kappa shape index (κ3) is 2.73. The molecule has 100 valence electrons. The number of carbonyl (C=O) groups excluding carboxylic acids is 1. The van der Waals surface area contributed by atoms with Gasteiger partial charge in [0.15, 0.2) is 0 Å². The van der Waals surface area contributed by atoms with Gasteiger partial charge in [-0.15, -0.1) is 0 Å². The SMILES string of the molecule is CC(C)N(CC(=O)O)C(=O)c1cn2ccccc2n1. The van der Waals surface area contributed by atoms with Gasteiger partial charge in [-0.2, -0.15) is 0 Å². The van der Waals surface area contributed by atoms with Crippen molar-refractivity contribution in [2.75, 3.05) is 6.54 Å². The van der Waals surface area contributed by atoms with E-state index in [-0.39, 0.29) is 24.2 Å². The van der Waals surface area contributed by atoms with E-state index in [0.717, 1.165) is 0 Å². The van der Waals surface area contributed by atoms with Crippen molar-refractivity contribution in [3.63, 3.8) is 0 Å². The summed E-state index contributed by atoms with van der Waals surface area (Å²) in [6, 6.07) is 5.25. The number of nitrogens with zero attached hydrogens (tertiary/aromatic N) is 3. The van der Waals surface area contributed by atoms with Crippen LogP contribution < -0.4 is 0 Å². The summed E-state index contributed by atoms with van der Waals surface area (Å²) in [5.41, 5.74) is 0.908. The molecule has 0 atom stereocenters. The highest BCUT2D eigenvalue weighted by Gasteiger charge is 2.23. The quantitative estimate of drug-likeness (QED) is 0.899. The largest absolute Gasteiger partial charge is 0.480 e. The standard InChI is InChI=1S/C13H15N3O3/c1-9(2)16(8-12(17)18)13(19)10-7-15-6-4-3-5-11(15)14-10/h3-7,9H,8H2,1-2H3,(H,17,18). The molecule has 0 aliphatic heterocycles. The number of amides is 1. The summed E-state index contributed by atoms with van der Waals surface area (Å²) in [7, 11) is 0. The molecule has 0 aliphatic carbocycles. The van der Waals surface area contributed by atoms with E-state index in [2.05, 4.69) is 4.98 Å². The molecular weight excluding hydrogens is 246 g/mol. The zero-order valence-corrected chi connectivity index (χ0v) is 10.8. The van der Waals surface area contributed by atoms with Crippen LogP contribution in [0.15, 0.2) is 30.6 Å². The summed E-state index contributed by atoms with van der Waals surface area (Å²) in [6.07, 6.45) is 3.39. The Morgan fingerprint density at radius 2 is 2.16 bits per heavy atom. The maximum Gasteiger partial charge on any atom is 0.323 e. The number of pyridine rings is 1. The van der Waals surface area contributed by atoms with E-state index < -0.39 is 5.97 Å². The summed E-state index contributed by atoms with van der Waals surface area (Å²) in [6.45, 7) is 3.22. The predicted octanol–water partition coefficient (Wildman–Crippen LogP) is 1.27. The van der Waals surface area contributed by atoms with Gasteiger partial charge in [-0.25, -0.2) is 4.98 Å². The molecule has 0 aliphatic rings. The number of carboxylic acids is 1. The number of carbonyl (C=O) groups is 2. The summed E-state index contributed by atoms with van der Waals surface area (Å²) < 4.78 is 1.73. The normalized spacial score (nSPS) is 10.9. The topological polar surface area (TPSA) is 74.9 Å². The van der Waals surface area contributed by atoms with E-state index in [1.807, 2.05) is 12.1 Å². The third-order valence-corrected chi connectivity index (χ3v) is 2.77. The van der Waals surface area contributed by atoms with Crippen LogP contribution in [-0.2, 0) is 4.79 Å². The molecule has 0 spiro atoms. The molecule has 0 fully saturated rings. The summed E-state index contributed by atoms with van der Waals surface area (Å²) in [4.78, 5) is 28.6. The smallest absolute Gasteiger partial charge is 0.323 e. The van der Waals surface area contributed by atoms with E-state index in [4.69, 9.17) is 5.11 Å². The van der Waals surface area contributed by atoms with Gasteiger partial charge in [-0.05, 0) is 26.0 Å². The fourth-order valence-corrected chi connectivity index (χ4v) is 1.82. The fourth-order valence-electron chi connectivity index (χ4n) is 1.82. The third-order valence-electron chi connectivity index (χ3n) is 2.77. The first-order chi connectivity index (χ1) is 8.99.